The van der Waals surface area contributed by atoms with Gasteiger partial charge in [-0.05, 0) is 13.3 Å². The first-order valence-electron chi connectivity index (χ1n) is 5.42. The largest absolute Gasteiger partial charge is 0.348 e. The molecule has 1 rings (SSSR count). The van der Waals surface area contributed by atoms with Crippen LogP contribution < -0.4 is 5.32 Å². The molecular weight excluding hydrogens is 222 g/mol. The molecule has 0 aromatic carbocycles. The Labute approximate surface area is 101 Å². The summed E-state index contributed by atoms with van der Waals surface area (Å²) in [5.41, 5.74) is 1.02. The number of amides is 1. The maximum Gasteiger partial charge on any atom is 0.236 e. The zero-order chi connectivity index (χ0) is 12.1. The van der Waals surface area contributed by atoms with Crippen molar-refractivity contribution in [3.63, 3.8) is 0 Å². The van der Waals surface area contributed by atoms with Crippen molar-refractivity contribution < 1.29 is 4.79 Å². The van der Waals surface area contributed by atoms with Crippen molar-refractivity contribution in [2.75, 3.05) is 20.6 Å². The number of carbonyl (C=O) groups excluding carboxylic acids is 1. The zero-order valence-corrected chi connectivity index (χ0v) is 11.1. The monoisotopic (exact) mass is 241 g/mol. The van der Waals surface area contributed by atoms with Crippen LogP contribution in [0.4, 0.5) is 0 Å². The summed E-state index contributed by atoms with van der Waals surface area (Å²) in [6.07, 6.45) is 0.966. The number of hydrogen-bond donors (Lipinski definition) is 1. The molecule has 0 aliphatic rings. The molecule has 1 amide bonds. The molecule has 0 aliphatic carbocycles. The van der Waals surface area contributed by atoms with Crippen LogP contribution in [0.25, 0.3) is 0 Å². The van der Waals surface area contributed by atoms with Gasteiger partial charge in [0, 0.05) is 25.5 Å². The minimum absolute atomic E-state index is 0.0813. The van der Waals surface area contributed by atoms with E-state index >= 15 is 0 Å². The quantitative estimate of drug-likeness (QED) is 0.848. The Morgan fingerprint density at radius 1 is 1.62 bits per heavy atom. The second-order valence-corrected chi connectivity index (χ2v) is 4.85. The number of hydrogen-bond acceptors (Lipinski definition) is 4. The fourth-order valence-corrected chi connectivity index (χ4v) is 2.03. The summed E-state index contributed by atoms with van der Waals surface area (Å²) in [6, 6.07) is 0.125. The Balaban J connectivity index is 2.46. The molecule has 16 heavy (non-hydrogen) atoms. The van der Waals surface area contributed by atoms with Gasteiger partial charge in [0.05, 0.1) is 17.2 Å². The molecule has 0 unspecified atom stereocenters. The van der Waals surface area contributed by atoms with Gasteiger partial charge in [0.2, 0.25) is 5.91 Å². The maximum atomic E-state index is 11.4. The lowest BCUT2D eigenvalue weighted by Gasteiger charge is -2.14. The van der Waals surface area contributed by atoms with E-state index in [1.165, 1.54) is 0 Å². The summed E-state index contributed by atoms with van der Waals surface area (Å²) >= 11 is 1.67. The standard InChI is InChI=1S/C11H19N3OS/c1-5-10-13-9(7-16-10)8(2)12-6-11(15)14(3)4/h7-8,12H,5-6H2,1-4H3/t8-/m0/s1. The van der Waals surface area contributed by atoms with Crippen LogP contribution >= 0.6 is 11.3 Å². The SMILES string of the molecule is CCc1nc([C@H](C)NCC(=O)N(C)C)cs1. The highest BCUT2D eigenvalue weighted by Crippen LogP contribution is 2.16. The van der Waals surface area contributed by atoms with E-state index in [1.807, 2.05) is 6.92 Å². The average molecular weight is 241 g/mol. The van der Waals surface area contributed by atoms with E-state index in [2.05, 4.69) is 22.6 Å². The van der Waals surface area contributed by atoms with Crippen LogP contribution in [-0.2, 0) is 11.2 Å². The van der Waals surface area contributed by atoms with Gasteiger partial charge in [0.1, 0.15) is 0 Å². The second-order valence-electron chi connectivity index (χ2n) is 3.91. The van der Waals surface area contributed by atoms with Crippen LogP contribution in [0.1, 0.15) is 30.6 Å². The van der Waals surface area contributed by atoms with E-state index in [9.17, 15) is 4.79 Å². The van der Waals surface area contributed by atoms with Crippen LogP contribution in [0.15, 0.2) is 5.38 Å². The topological polar surface area (TPSA) is 45.2 Å². The number of nitrogens with one attached hydrogen (secondary N) is 1. The van der Waals surface area contributed by atoms with E-state index in [4.69, 9.17) is 0 Å². The predicted octanol–water partition coefficient (Wildman–Crippen LogP) is 1.44. The van der Waals surface area contributed by atoms with Crippen molar-refractivity contribution >= 4 is 17.2 Å². The first-order valence-corrected chi connectivity index (χ1v) is 6.30. The summed E-state index contributed by atoms with van der Waals surface area (Å²) in [7, 11) is 3.51. The third-order valence-corrected chi connectivity index (χ3v) is 3.39. The average Bonchev–Trinajstić information content (AvgIpc) is 2.73. The van der Waals surface area contributed by atoms with Crippen LogP contribution in [0.2, 0.25) is 0 Å². The molecule has 1 N–H and O–H groups in total. The highest BCUT2D eigenvalue weighted by Gasteiger charge is 2.11. The molecule has 1 aromatic rings. The summed E-state index contributed by atoms with van der Waals surface area (Å²) in [5, 5.41) is 6.36. The molecule has 0 aliphatic heterocycles. The van der Waals surface area contributed by atoms with E-state index in [-0.39, 0.29) is 11.9 Å². The molecular formula is C11H19N3OS. The smallest absolute Gasteiger partial charge is 0.236 e. The van der Waals surface area contributed by atoms with Gasteiger partial charge >= 0.3 is 0 Å². The first-order chi connectivity index (χ1) is 7.54. The van der Waals surface area contributed by atoms with Gasteiger partial charge in [-0.1, -0.05) is 6.92 Å². The van der Waals surface area contributed by atoms with Crippen LogP contribution in [-0.4, -0.2) is 36.4 Å². The van der Waals surface area contributed by atoms with Crippen LogP contribution in [0.5, 0.6) is 0 Å². The van der Waals surface area contributed by atoms with Crippen molar-refractivity contribution in [1.29, 1.82) is 0 Å². The van der Waals surface area contributed by atoms with Crippen LogP contribution in [0, 0.1) is 0 Å². The molecule has 5 heteroatoms. The molecule has 90 valence electrons. The third-order valence-electron chi connectivity index (χ3n) is 2.37. The summed E-state index contributed by atoms with van der Waals surface area (Å²) in [6.45, 7) is 4.47. The van der Waals surface area contributed by atoms with Crippen molar-refractivity contribution in [3.8, 4) is 0 Å². The highest BCUT2D eigenvalue weighted by atomic mass is 32.1. The van der Waals surface area contributed by atoms with Gasteiger partial charge in [-0.25, -0.2) is 4.98 Å². The zero-order valence-electron chi connectivity index (χ0n) is 10.3. The summed E-state index contributed by atoms with van der Waals surface area (Å²) < 4.78 is 0. The van der Waals surface area contributed by atoms with Gasteiger partial charge in [0.25, 0.3) is 0 Å². The van der Waals surface area contributed by atoms with Crippen molar-refractivity contribution in [3.05, 3.63) is 16.1 Å². The molecule has 0 spiro atoms. The summed E-state index contributed by atoms with van der Waals surface area (Å²) in [4.78, 5) is 17.4. The lowest BCUT2D eigenvalue weighted by atomic mass is 10.2. The molecule has 1 aromatic heterocycles. The Hall–Kier alpha value is -0.940. The Kier molecular flexibility index (Phi) is 4.89. The fraction of sp³-hybridized carbons (Fsp3) is 0.636. The van der Waals surface area contributed by atoms with Gasteiger partial charge in [-0.3, -0.25) is 4.79 Å². The normalized spacial score (nSPS) is 12.5. The number of rotatable bonds is 5. The minimum Gasteiger partial charge on any atom is -0.348 e. The number of likely N-dealkylation sites (N-methyl/N-ethyl adjacent to an activating group) is 1. The molecule has 0 radical (unpaired) electrons. The molecule has 0 saturated carbocycles. The molecule has 0 bridgehead atoms. The number of aromatic nitrogens is 1. The molecule has 1 heterocycles. The van der Waals surface area contributed by atoms with Gasteiger partial charge in [-0.15, -0.1) is 11.3 Å². The van der Waals surface area contributed by atoms with E-state index in [0.29, 0.717) is 6.54 Å². The van der Waals surface area contributed by atoms with Crippen molar-refractivity contribution in [2.24, 2.45) is 0 Å². The molecule has 0 fully saturated rings. The number of thiazole rings is 1. The van der Waals surface area contributed by atoms with Gasteiger partial charge in [-0.2, -0.15) is 0 Å². The van der Waals surface area contributed by atoms with E-state index < -0.39 is 0 Å². The third kappa shape index (κ3) is 3.57. The Morgan fingerprint density at radius 2 is 2.31 bits per heavy atom. The Bertz CT molecular complexity index is 349. The highest BCUT2D eigenvalue weighted by molar-refractivity contribution is 7.09. The van der Waals surface area contributed by atoms with Crippen molar-refractivity contribution in [1.82, 2.24) is 15.2 Å². The maximum absolute atomic E-state index is 11.4. The Morgan fingerprint density at radius 3 is 2.81 bits per heavy atom. The number of nitrogens with zero attached hydrogens (tertiary/aromatic N) is 2. The predicted molar refractivity (Wildman–Crippen MR) is 66.6 cm³/mol. The lowest BCUT2D eigenvalue weighted by Crippen LogP contribution is -2.34. The van der Waals surface area contributed by atoms with Crippen LogP contribution in [0.3, 0.4) is 0 Å². The number of aryl methyl sites for hydroxylation is 1. The second kappa shape index (κ2) is 5.96. The molecule has 1 atom stereocenters. The van der Waals surface area contributed by atoms with Gasteiger partial charge < -0.3 is 10.2 Å². The molecule has 0 saturated heterocycles. The number of carbonyl (C=O) groups is 1. The molecule has 4 nitrogen and oxygen atoms in total. The van der Waals surface area contributed by atoms with Gasteiger partial charge in [0.15, 0.2) is 0 Å². The first kappa shape index (κ1) is 13.1. The fourth-order valence-electron chi connectivity index (χ4n) is 1.19. The lowest BCUT2D eigenvalue weighted by molar-refractivity contribution is -0.127. The van der Waals surface area contributed by atoms with E-state index in [0.717, 1.165) is 17.1 Å². The summed E-state index contributed by atoms with van der Waals surface area (Å²) in [5.74, 6) is 0.0813. The minimum atomic E-state index is 0.0813. The van der Waals surface area contributed by atoms with E-state index in [1.54, 1.807) is 30.3 Å². The van der Waals surface area contributed by atoms with Crippen molar-refractivity contribution in [2.45, 2.75) is 26.3 Å².